The highest BCUT2D eigenvalue weighted by Crippen LogP contribution is 2.10. The lowest BCUT2D eigenvalue weighted by molar-refractivity contribution is 0.0958. The summed E-state index contributed by atoms with van der Waals surface area (Å²) < 4.78 is 22.2. The lowest BCUT2D eigenvalue weighted by Crippen LogP contribution is -2.24. The molecule has 1 heterocycles. The minimum atomic E-state index is -3.65. The van der Waals surface area contributed by atoms with Crippen LogP contribution in [0.5, 0.6) is 0 Å². The van der Waals surface area contributed by atoms with E-state index < -0.39 is 10.0 Å². The van der Waals surface area contributed by atoms with Gasteiger partial charge >= 0.3 is 0 Å². The van der Waals surface area contributed by atoms with E-state index in [1.165, 1.54) is 23.5 Å². The molecule has 1 aromatic heterocycles. The number of sulfonamides is 1. The van der Waals surface area contributed by atoms with Gasteiger partial charge < -0.3 is 5.32 Å². The number of benzene rings is 1. The molecule has 20 heavy (non-hydrogen) atoms. The van der Waals surface area contributed by atoms with Crippen LogP contribution in [-0.4, -0.2) is 20.9 Å². The quantitative estimate of drug-likeness (QED) is 0.874. The fourth-order valence-electron chi connectivity index (χ4n) is 1.66. The fourth-order valence-corrected chi connectivity index (χ4v) is 2.82. The average molecular weight is 310 g/mol. The maximum absolute atomic E-state index is 11.7. The number of thiophene rings is 1. The first-order valence-electron chi connectivity index (χ1n) is 5.90. The van der Waals surface area contributed by atoms with Crippen molar-refractivity contribution in [3.8, 4) is 0 Å². The molecule has 1 aromatic carbocycles. The van der Waals surface area contributed by atoms with Crippen LogP contribution in [0.1, 0.15) is 15.2 Å². The van der Waals surface area contributed by atoms with Gasteiger partial charge in [-0.2, -0.15) is 0 Å². The Morgan fingerprint density at radius 1 is 1.20 bits per heavy atom. The summed E-state index contributed by atoms with van der Waals surface area (Å²) in [6, 6.07) is 9.90. The highest BCUT2D eigenvalue weighted by molar-refractivity contribution is 7.89. The van der Waals surface area contributed by atoms with Crippen LogP contribution in [0.2, 0.25) is 0 Å². The number of carbonyl (C=O) groups excluding carboxylic acids is 1. The zero-order valence-electron chi connectivity index (χ0n) is 10.6. The summed E-state index contributed by atoms with van der Waals surface area (Å²) in [7, 11) is -3.65. The zero-order chi connectivity index (χ0) is 14.6. The van der Waals surface area contributed by atoms with Gasteiger partial charge in [0.1, 0.15) is 0 Å². The van der Waals surface area contributed by atoms with E-state index in [-0.39, 0.29) is 10.8 Å². The second-order valence-electron chi connectivity index (χ2n) is 4.17. The predicted octanol–water partition coefficient (Wildman–Crippen LogP) is 1.37. The van der Waals surface area contributed by atoms with Crippen molar-refractivity contribution in [1.82, 2.24) is 5.32 Å². The molecule has 2 rings (SSSR count). The molecule has 0 spiro atoms. The number of hydrogen-bond donors (Lipinski definition) is 2. The monoisotopic (exact) mass is 310 g/mol. The van der Waals surface area contributed by atoms with Crippen LogP contribution in [0.4, 0.5) is 0 Å². The Hall–Kier alpha value is -1.70. The topological polar surface area (TPSA) is 89.3 Å². The fraction of sp³-hybridized carbons (Fsp3) is 0.154. The maximum atomic E-state index is 11.7. The van der Waals surface area contributed by atoms with E-state index in [1.54, 1.807) is 18.2 Å². The smallest absolute Gasteiger partial charge is 0.261 e. The molecule has 0 unspecified atom stereocenters. The van der Waals surface area contributed by atoms with Crippen molar-refractivity contribution in [2.45, 2.75) is 11.3 Å². The van der Waals surface area contributed by atoms with Crippen molar-refractivity contribution in [2.75, 3.05) is 6.54 Å². The van der Waals surface area contributed by atoms with E-state index in [0.717, 1.165) is 5.56 Å². The molecule has 0 atom stereocenters. The molecule has 0 bridgehead atoms. The van der Waals surface area contributed by atoms with Gasteiger partial charge in [0.2, 0.25) is 10.0 Å². The first-order chi connectivity index (χ1) is 9.47. The highest BCUT2D eigenvalue weighted by atomic mass is 32.2. The SMILES string of the molecule is NS(=O)(=O)c1ccc(CCNC(=O)c2cccs2)cc1. The minimum absolute atomic E-state index is 0.0869. The molecule has 0 fully saturated rings. The van der Waals surface area contributed by atoms with Crippen LogP contribution < -0.4 is 10.5 Å². The summed E-state index contributed by atoms with van der Waals surface area (Å²) in [6.45, 7) is 0.492. The number of nitrogens with one attached hydrogen (secondary N) is 1. The molecule has 0 aliphatic carbocycles. The van der Waals surface area contributed by atoms with Crippen molar-refractivity contribution < 1.29 is 13.2 Å². The first-order valence-corrected chi connectivity index (χ1v) is 8.33. The highest BCUT2D eigenvalue weighted by Gasteiger charge is 2.07. The van der Waals surface area contributed by atoms with E-state index in [4.69, 9.17) is 5.14 Å². The Bertz CT molecular complexity index is 677. The molecular weight excluding hydrogens is 296 g/mol. The lowest BCUT2D eigenvalue weighted by atomic mass is 10.1. The van der Waals surface area contributed by atoms with Crippen LogP contribution in [0.25, 0.3) is 0 Å². The van der Waals surface area contributed by atoms with Gasteiger partial charge in [-0.1, -0.05) is 18.2 Å². The van der Waals surface area contributed by atoms with E-state index >= 15 is 0 Å². The Balaban J connectivity index is 1.87. The van der Waals surface area contributed by atoms with Gasteiger partial charge in [-0.05, 0) is 35.6 Å². The van der Waals surface area contributed by atoms with Gasteiger partial charge in [-0.15, -0.1) is 11.3 Å². The third-order valence-corrected chi connectivity index (χ3v) is 4.49. The van der Waals surface area contributed by atoms with Crippen LogP contribution in [0.3, 0.4) is 0 Å². The van der Waals surface area contributed by atoms with Crippen molar-refractivity contribution in [3.05, 3.63) is 52.2 Å². The van der Waals surface area contributed by atoms with Gasteiger partial charge in [0.05, 0.1) is 9.77 Å². The number of amides is 1. The molecule has 2 aromatic rings. The molecule has 7 heteroatoms. The average Bonchev–Trinajstić information content (AvgIpc) is 2.92. The molecule has 0 saturated carbocycles. The molecular formula is C13H14N2O3S2. The summed E-state index contributed by atoms with van der Waals surface area (Å²) in [5, 5.41) is 9.67. The van der Waals surface area contributed by atoms with E-state index in [1.807, 2.05) is 11.4 Å². The van der Waals surface area contributed by atoms with E-state index in [2.05, 4.69) is 5.32 Å². The van der Waals surface area contributed by atoms with Gasteiger partial charge in [-0.3, -0.25) is 4.79 Å². The van der Waals surface area contributed by atoms with Crippen molar-refractivity contribution >= 4 is 27.3 Å². The zero-order valence-corrected chi connectivity index (χ0v) is 12.2. The number of hydrogen-bond acceptors (Lipinski definition) is 4. The molecule has 0 radical (unpaired) electrons. The summed E-state index contributed by atoms with van der Waals surface area (Å²) in [4.78, 5) is 12.4. The number of nitrogens with two attached hydrogens (primary N) is 1. The normalized spacial score (nSPS) is 11.2. The van der Waals surface area contributed by atoms with Crippen molar-refractivity contribution in [2.24, 2.45) is 5.14 Å². The van der Waals surface area contributed by atoms with Gasteiger partial charge in [0, 0.05) is 6.54 Å². The van der Waals surface area contributed by atoms with Gasteiger partial charge in [0.15, 0.2) is 0 Å². The van der Waals surface area contributed by atoms with Gasteiger partial charge in [0.25, 0.3) is 5.91 Å². The van der Waals surface area contributed by atoms with E-state index in [0.29, 0.717) is 17.8 Å². The van der Waals surface area contributed by atoms with Crippen molar-refractivity contribution in [1.29, 1.82) is 0 Å². The van der Waals surface area contributed by atoms with Crippen LogP contribution in [0.15, 0.2) is 46.7 Å². The third kappa shape index (κ3) is 3.89. The summed E-state index contributed by atoms with van der Waals surface area (Å²) in [5.41, 5.74) is 0.934. The molecule has 106 valence electrons. The Morgan fingerprint density at radius 2 is 1.90 bits per heavy atom. The van der Waals surface area contributed by atoms with Crippen molar-refractivity contribution in [3.63, 3.8) is 0 Å². The molecule has 1 amide bonds. The molecule has 0 aliphatic rings. The Morgan fingerprint density at radius 3 is 2.45 bits per heavy atom. The minimum Gasteiger partial charge on any atom is -0.351 e. The third-order valence-electron chi connectivity index (χ3n) is 2.70. The maximum Gasteiger partial charge on any atom is 0.261 e. The summed E-state index contributed by atoms with van der Waals surface area (Å²) >= 11 is 1.39. The van der Waals surface area contributed by atoms with Crippen LogP contribution in [0, 0.1) is 0 Å². The lowest BCUT2D eigenvalue weighted by Gasteiger charge is -2.05. The molecule has 0 aliphatic heterocycles. The molecule has 5 nitrogen and oxygen atoms in total. The second-order valence-corrected chi connectivity index (χ2v) is 6.68. The number of primary sulfonamides is 1. The summed E-state index contributed by atoms with van der Waals surface area (Å²) in [5.74, 6) is -0.0962. The standard InChI is InChI=1S/C13H14N2O3S2/c14-20(17,18)11-5-3-10(4-6-11)7-8-15-13(16)12-2-1-9-19-12/h1-6,9H,7-8H2,(H,15,16)(H2,14,17,18). The molecule has 3 N–H and O–H groups in total. The van der Waals surface area contributed by atoms with E-state index in [9.17, 15) is 13.2 Å². The summed E-state index contributed by atoms with van der Waals surface area (Å²) in [6.07, 6.45) is 0.627. The van der Waals surface area contributed by atoms with Gasteiger partial charge in [-0.25, -0.2) is 13.6 Å². The van der Waals surface area contributed by atoms with Crippen LogP contribution >= 0.6 is 11.3 Å². The van der Waals surface area contributed by atoms with Crippen LogP contribution in [-0.2, 0) is 16.4 Å². The molecule has 0 saturated heterocycles. The predicted molar refractivity (Wildman–Crippen MR) is 78.2 cm³/mol. The first kappa shape index (κ1) is 14.7. The number of rotatable bonds is 5. The largest absolute Gasteiger partial charge is 0.351 e. The Kier molecular flexibility index (Phi) is 4.53. The second kappa shape index (κ2) is 6.17. The Labute approximate surface area is 121 Å². The number of carbonyl (C=O) groups is 1.